The first-order valence-corrected chi connectivity index (χ1v) is 8.73. The fourth-order valence-electron chi connectivity index (χ4n) is 3.78. The summed E-state index contributed by atoms with van der Waals surface area (Å²) in [5.41, 5.74) is 1.51. The second-order valence-electron chi connectivity index (χ2n) is 6.10. The van der Waals surface area contributed by atoms with Crippen molar-refractivity contribution in [3.05, 3.63) is 21.9 Å². The zero-order valence-electron chi connectivity index (χ0n) is 12.0. The summed E-state index contributed by atoms with van der Waals surface area (Å²) in [7, 11) is 0. The maximum Gasteiger partial charge on any atom is 0.0473 e. The highest BCUT2D eigenvalue weighted by atomic mass is 32.1. The van der Waals surface area contributed by atoms with Gasteiger partial charge in [0.15, 0.2) is 0 Å². The molecule has 1 saturated carbocycles. The van der Waals surface area contributed by atoms with Crippen molar-refractivity contribution in [3.63, 3.8) is 0 Å². The van der Waals surface area contributed by atoms with E-state index in [2.05, 4.69) is 28.6 Å². The Morgan fingerprint density at radius 1 is 1.21 bits per heavy atom. The van der Waals surface area contributed by atoms with E-state index in [9.17, 15) is 0 Å². The van der Waals surface area contributed by atoms with Crippen LogP contribution in [0.1, 0.15) is 48.6 Å². The highest BCUT2D eigenvalue weighted by Crippen LogP contribution is 2.41. The Bertz CT molecular complexity index is 371. The van der Waals surface area contributed by atoms with Crippen molar-refractivity contribution in [2.24, 2.45) is 5.92 Å². The number of hydrogen-bond donors (Lipinski definition) is 1. The van der Waals surface area contributed by atoms with E-state index in [1.165, 1.54) is 50.8 Å². The second-order valence-corrected chi connectivity index (χ2v) is 7.04. The molecule has 3 rings (SSSR count). The number of thiophene rings is 1. The van der Waals surface area contributed by atoms with Gasteiger partial charge >= 0.3 is 0 Å². The molecule has 0 bridgehead atoms. The van der Waals surface area contributed by atoms with Crippen LogP contribution in [0.15, 0.2) is 11.4 Å². The lowest BCUT2D eigenvalue weighted by Crippen LogP contribution is -2.47. The molecule has 2 fully saturated rings. The molecule has 0 unspecified atom stereocenters. The van der Waals surface area contributed by atoms with Crippen LogP contribution >= 0.6 is 11.3 Å². The van der Waals surface area contributed by atoms with Gasteiger partial charge in [-0.05, 0) is 42.7 Å². The molecule has 1 aromatic heterocycles. The molecule has 1 aliphatic carbocycles. The minimum atomic E-state index is 0.697. The average molecular weight is 278 g/mol. The van der Waals surface area contributed by atoms with Gasteiger partial charge in [-0.15, -0.1) is 11.3 Å². The van der Waals surface area contributed by atoms with Crippen molar-refractivity contribution < 1.29 is 0 Å². The fourth-order valence-corrected chi connectivity index (χ4v) is 4.93. The van der Waals surface area contributed by atoms with Gasteiger partial charge in [0, 0.05) is 37.1 Å². The Balaban J connectivity index is 1.83. The minimum Gasteiger partial charge on any atom is -0.314 e. The molecule has 1 aliphatic heterocycles. The third-order valence-corrected chi connectivity index (χ3v) is 5.90. The third kappa shape index (κ3) is 3.04. The van der Waals surface area contributed by atoms with Crippen molar-refractivity contribution in [1.82, 2.24) is 10.2 Å². The highest BCUT2D eigenvalue weighted by Gasteiger charge is 2.32. The molecule has 2 heterocycles. The van der Waals surface area contributed by atoms with E-state index in [0.717, 1.165) is 19.0 Å². The quantitative estimate of drug-likeness (QED) is 0.909. The summed E-state index contributed by atoms with van der Waals surface area (Å²) < 4.78 is 0. The van der Waals surface area contributed by atoms with Gasteiger partial charge in [0.25, 0.3) is 0 Å². The molecule has 3 heteroatoms. The van der Waals surface area contributed by atoms with E-state index in [0.29, 0.717) is 6.04 Å². The zero-order valence-corrected chi connectivity index (χ0v) is 12.8. The van der Waals surface area contributed by atoms with Crippen LogP contribution in [0.3, 0.4) is 0 Å². The number of nitrogens with zero attached hydrogens (tertiary/aromatic N) is 1. The lowest BCUT2D eigenvalue weighted by atomic mass is 9.82. The van der Waals surface area contributed by atoms with Crippen LogP contribution in [-0.2, 0) is 0 Å². The van der Waals surface area contributed by atoms with Gasteiger partial charge < -0.3 is 5.32 Å². The van der Waals surface area contributed by atoms with Gasteiger partial charge in [-0.25, -0.2) is 0 Å². The molecular formula is C16H26N2S. The molecular weight excluding hydrogens is 252 g/mol. The maximum atomic E-state index is 3.49. The molecule has 106 valence electrons. The molecule has 1 saturated heterocycles. The van der Waals surface area contributed by atoms with E-state index in [-0.39, 0.29) is 0 Å². The van der Waals surface area contributed by atoms with Gasteiger partial charge in [-0.1, -0.05) is 19.3 Å². The predicted octanol–water partition coefficient (Wildman–Crippen LogP) is 3.58. The lowest BCUT2D eigenvalue weighted by molar-refractivity contribution is 0.105. The van der Waals surface area contributed by atoms with Crippen LogP contribution in [0.4, 0.5) is 0 Å². The summed E-state index contributed by atoms with van der Waals surface area (Å²) in [5, 5.41) is 5.77. The first-order valence-electron chi connectivity index (χ1n) is 7.85. The Morgan fingerprint density at radius 2 is 1.95 bits per heavy atom. The van der Waals surface area contributed by atoms with Crippen molar-refractivity contribution >= 4 is 11.3 Å². The monoisotopic (exact) mass is 278 g/mol. The number of piperazine rings is 1. The van der Waals surface area contributed by atoms with Crippen molar-refractivity contribution in [2.45, 2.75) is 45.1 Å². The van der Waals surface area contributed by atoms with Gasteiger partial charge in [0.2, 0.25) is 0 Å². The molecule has 19 heavy (non-hydrogen) atoms. The van der Waals surface area contributed by atoms with Crippen molar-refractivity contribution in [1.29, 1.82) is 0 Å². The Kier molecular flexibility index (Phi) is 4.57. The van der Waals surface area contributed by atoms with Crippen LogP contribution in [0, 0.1) is 12.8 Å². The Hall–Kier alpha value is -0.380. The summed E-state index contributed by atoms with van der Waals surface area (Å²) in [4.78, 5) is 4.40. The third-order valence-electron chi connectivity index (χ3n) is 4.81. The lowest BCUT2D eigenvalue weighted by Gasteiger charge is -2.41. The molecule has 2 aliphatic rings. The first kappa shape index (κ1) is 13.6. The van der Waals surface area contributed by atoms with Crippen LogP contribution < -0.4 is 5.32 Å². The topological polar surface area (TPSA) is 15.3 Å². The van der Waals surface area contributed by atoms with E-state index >= 15 is 0 Å². The van der Waals surface area contributed by atoms with Crippen LogP contribution in [-0.4, -0.2) is 31.1 Å². The van der Waals surface area contributed by atoms with Gasteiger partial charge in [-0.3, -0.25) is 4.90 Å². The first-order chi connectivity index (χ1) is 9.36. The largest absolute Gasteiger partial charge is 0.314 e. The van der Waals surface area contributed by atoms with Gasteiger partial charge in [-0.2, -0.15) is 0 Å². The SMILES string of the molecule is Cc1ccsc1[C@H](C1CCCCC1)N1CCNCC1. The van der Waals surface area contributed by atoms with E-state index in [1.54, 1.807) is 4.88 Å². The Labute approximate surface area is 121 Å². The zero-order chi connectivity index (χ0) is 13.1. The molecule has 0 amide bonds. The number of hydrogen-bond acceptors (Lipinski definition) is 3. The maximum absolute atomic E-state index is 3.49. The van der Waals surface area contributed by atoms with Gasteiger partial charge in [0.05, 0.1) is 0 Å². The van der Waals surface area contributed by atoms with Crippen molar-refractivity contribution in [3.8, 4) is 0 Å². The summed E-state index contributed by atoms with van der Waals surface area (Å²) in [6, 6.07) is 3.00. The van der Waals surface area contributed by atoms with E-state index in [1.807, 2.05) is 11.3 Å². The van der Waals surface area contributed by atoms with Crippen LogP contribution in [0.2, 0.25) is 0 Å². The van der Waals surface area contributed by atoms with Crippen LogP contribution in [0.5, 0.6) is 0 Å². The van der Waals surface area contributed by atoms with Crippen LogP contribution in [0.25, 0.3) is 0 Å². The molecule has 0 aromatic carbocycles. The number of nitrogens with one attached hydrogen (secondary N) is 1. The number of rotatable bonds is 3. The summed E-state index contributed by atoms with van der Waals surface area (Å²) >= 11 is 1.98. The summed E-state index contributed by atoms with van der Waals surface area (Å²) in [6.45, 7) is 7.06. The fraction of sp³-hybridized carbons (Fsp3) is 0.750. The summed E-state index contributed by atoms with van der Waals surface area (Å²) in [5.74, 6) is 0.893. The minimum absolute atomic E-state index is 0.697. The average Bonchev–Trinajstić information content (AvgIpc) is 2.88. The Morgan fingerprint density at radius 3 is 2.58 bits per heavy atom. The molecule has 1 aromatic rings. The molecule has 0 spiro atoms. The predicted molar refractivity (Wildman–Crippen MR) is 82.8 cm³/mol. The molecule has 2 nitrogen and oxygen atoms in total. The second kappa shape index (κ2) is 6.38. The van der Waals surface area contributed by atoms with Gasteiger partial charge in [0.1, 0.15) is 0 Å². The molecule has 1 atom stereocenters. The molecule has 1 N–H and O–H groups in total. The number of aryl methyl sites for hydroxylation is 1. The van der Waals surface area contributed by atoms with E-state index in [4.69, 9.17) is 0 Å². The standard InChI is InChI=1S/C16H26N2S/c1-13-7-12-19-16(13)15(14-5-3-2-4-6-14)18-10-8-17-9-11-18/h7,12,14-15,17H,2-6,8-11H2,1H3/t15-/m0/s1. The normalized spacial score (nSPS) is 24.5. The smallest absolute Gasteiger partial charge is 0.0473 e. The van der Waals surface area contributed by atoms with Crippen molar-refractivity contribution in [2.75, 3.05) is 26.2 Å². The highest BCUT2D eigenvalue weighted by molar-refractivity contribution is 7.10. The van der Waals surface area contributed by atoms with E-state index < -0.39 is 0 Å². The molecule has 0 radical (unpaired) electrons. The summed E-state index contributed by atoms with van der Waals surface area (Å²) in [6.07, 6.45) is 7.21.